The lowest BCUT2D eigenvalue weighted by molar-refractivity contribution is -0.141. The molecule has 10 heteroatoms. The topological polar surface area (TPSA) is 50.2 Å². The summed E-state index contributed by atoms with van der Waals surface area (Å²) in [4.78, 5) is 13.8. The molecule has 1 aliphatic heterocycles. The van der Waals surface area contributed by atoms with Crippen LogP contribution in [0.5, 0.6) is 0 Å². The molecule has 1 N–H and O–H groups in total. The summed E-state index contributed by atoms with van der Waals surface area (Å²) in [5.41, 5.74) is -0.320. The van der Waals surface area contributed by atoms with Crippen LogP contribution in [0.2, 0.25) is 5.02 Å². The maximum absolute atomic E-state index is 12.8. The van der Waals surface area contributed by atoms with E-state index in [0.29, 0.717) is 10.7 Å². The highest BCUT2D eigenvalue weighted by Gasteiger charge is 2.37. The summed E-state index contributed by atoms with van der Waals surface area (Å²) in [7, 11) is 1.41. The van der Waals surface area contributed by atoms with E-state index in [9.17, 15) is 18.0 Å². The molecule has 0 saturated carbocycles. The highest BCUT2D eigenvalue weighted by molar-refractivity contribution is 8.02. The average molecular weight is 389 g/mol. The molecular weight excluding hydrogens is 377 g/mol. The molecule has 1 aromatic heterocycles. The first-order chi connectivity index (χ1) is 11.8. The van der Waals surface area contributed by atoms with Crippen molar-refractivity contribution in [1.29, 1.82) is 0 Å². The first-order valence-electron chi connectivity index (χ1n) is 7.04. The van der Waals surface area contributed by atoms with Crippen molar-refractivity contribution in [2.24, 2.45) is 7.05 Å². The normalized spacial score (nSPS) is 17.2. The Kier molecular flexibility index (Phi) is 4.70. The molecule has 0 bridgehead atoms. The number of aryl methyl sites for hydroxylation is 1. The summed E-state index contributed by atoms with van der Waals surface area (Å²) in [5.74, 6) is 0. The highest BCUT2D eigenvalue weighted by Crippen LogP contribution is 2.41. The van der Waals surface area contributed by atoms with Crippen LogP contribution < -0.4 is 5.32 Å². The van der Waals surface area contributed by atoms with Gasteiger partial charge in [-0.2, -0.15) is 18.3 Å². The van der Waals surface area contributed by atoms with E-state index in [2.05, 4.69) is 10.4 Å². The van der Waals surface area contributed by atoms with Crippen LogP contribution in [0.1, 0.15) is 16.8 Å². The molecule has 3 rings (SSSR count). The standard InChI is InChI=1S/C15H12ClF3N4OS/c1-22-11(8-12(21-22)15(17,18)19)13-23(6-7-25-13)14(24)20-10-5-3-2-4-9(10)16/h2-8,13H,1H3,(H,20,24). The predicted molar refractivity (Wildman–Crippen MR) is 90.0 cm³/mol. The number of para-hydroxylation sites is 1. The summed E-state index contributed by atoms with van der Waals surface area (Å²) in [5, 5.41) is 7.48. The SMILES string of the molecule is Cn1nc(C(F)(F)F)cc1C1SC=CN1C(=O)Nc1ccccc1Cl. The monoisotopic (exact) mass is 388 g/mol. The number of aromatic nitrogens is 2. The lowest BCUT2D eigenvalue weighted by Gasteiger charge is -2.23. The second-order valence-corrected chi connectivity index (χ2v) is 6.56. The number of carbonyl (C=O) groups is 1. The van der Waals surface area contributed by atoms with Crippen molar-refractivity contribution in [3.8, 4) is 0 Å². The van der Waals surface area contributed by atoms with Crippen molar-refractivity contribution in [2.75, 3.05) is 5.32 Å². The number of anilines is 1. The molecular formula is C15H12ClF3N4OS. The Morgan fingerprint density at radius 3 is 2.72 bits per heavy atom. The van der Waals surface area contributed by atoms with Crippen molar-refractivity contribution < 1.29 is 18.0 Å². The zero-order valence-electron chi connectivity index (χ0n) is 12.8. The fraction of sp³-hybridized carbons (Fsp3) is 0.200. The number of nitrogens with one attached hydrogen (secondary N) is 1. The van der Waals surface area contributed by atoms with Crippen molar-refractivity contribution in [3.05, 3.63) is 58.4 Å². The van der Waals surface area contributed by atoms with Gasteiger partial charge in [0.1, 0.15) is 5.37 Å². The average Bonchev–Trinajstić information content (AvgIpc) is 3.15. The van der Waals surface area contributed by atoms with Crippen LogP contribution >= 0.6 is 23.4 Å². The summed E-state index contributed by atoms with van der Waals surface area (Å²) in [6, 6.07) is 7.13. The van der Waals surface area contributed by atoms with Crippen LogP contribution in [0.4, 0.5) is 23.7 Å². The fourth-order valence-corrected chi connectivity index (χ4v) is 3.49. The van der Waals surface area contributed by atoms with Gasteiger partial charge in [0.2, 0.25) is 0 Å². The Bertz CT molecular complexity index is 836. The van der Waals surface area contributed by atoms with Crippen LogP contribution in [0.3, 0.4) is 0 Å². The number of alkyl halides is 3. The molecule has 1 atom stereocenters. The predicted octanol–water partition coefficient (Wildman–Crippen LogP) is 4.84. The number of thioether (sulfide) groups is 1. The second kappa shape index (κ2) is 6.64. The molecule has 0 radical (unpaired) electrons. The van der Waals surface area contributed by atoms with E-state index in [1.165, 1.54) is 29.9 Å². The molecule has 2 aromatic rings. The summed E-state index contributed by atoms with van der Waals surface area (Å²) in [6.07, 6.45) is -3.04. The number of hydrogen-bond acceptors (Lipinski definition) is 3. The number of benzene rings is 1. The Morgan fingerprint density at radius 2 is 2.08 bits per heavy atom. The first-order valence-corrected chi connectivity index (χ1v) is 8.36. The minimum absolute atomic E-state index is 0.261. The second-order valence-electron chi connectivity index (χ2n) is 5.17. The van der Waals surface area contributed by atoms with Crippen LogP contribution in [0, 0.1) is 0 Å². The van der Waals surface area contributed by atoms with E-state index in [1.807, 2.05) is 0 Å². The summed E-state index contributed by atoms with van der Waals surface area (Å²) in [6.45, 7) is 0. The minimum Gasteiger partial charge on any atom is -0.306 e. The number of nitrogens with zero attached hydrogens (tertiary/aromatic N) is 3. The number of urea groups is 1. The van der Waals surface area contributed by atoms with Crippen LogP contribution in [0.15, 0.2) is 41.9 Å². The number of halogens is 4. The smallest absolute Gasteiger partial charge is 0.306 e. The van der Waals surface area contributed by atoms with Crippen molar-refractivity contribution >= 4 is 35.1 Å². The van der Waals surface area contributed by atoms with Gasteiger partial charge in [-0.1, -0.05) is 23.7 Å². The van der Waals surface area contributed by atoms with E-state index in [1.54, 1.807) is 29.7 Å². The molecule has 1 unspecified atom stereocenters. The first kappa shape index (κ1) is 17.7. The van der Waals surface area contributed by atoms with Gasteiger partial charge in [0.25, 0.3) is 0 Å². The van der Waals surface area contributed by atoms with E-state index < -0.39 is 23.3 Å². The summed E-state index contributed by atoms with van der Waals surface area (Å²) < 4.78 is 39.7. The van der Waals surface area contributed by atoms with Gasteiger partial charge in [-0.25, -0.2) is 4.79 Å². The van der Waals surface area contributed by atoms with Gasteiger partial charge in [-0.3, -0.25) is 9.58 Å². The van der Waals surface area contributed by atoms with Gasteiger partial charge >= 0.3 is 12.2 Å². The van der Waals surface area contributed by atoms with Gasteiger partial charge < -0.3 is 5.32 Å². The van der Waals surface area contributed by atoms with Gasteiger partial charge in [-0.05, 0) is 23.6 Å². The van der Waals surface area contributed by atoms with Crippen molar-refractivity contribution in [1.82, 2.24) is 14.7 Å². The maximum Gasteiger partial charge on any atom is 0.435 e. The number of rotatable bonds is 2. The lowest BCUT2D eigenvalue weighted by atomic mass is 10.3. The quantitative estimate of drug-likeness (QED) is 0.800. The number of amides is 2. The van der Waals surface area contributed by atoms with Gasteiger partial charge in [0.05, 0.1) is 16.4 Å². The van der Waals surface area contributed by atoms with Crippen LogP contribution in [0.25, 0.3) is 0 Å². The van der Waals surface area contributed by atoms with Crippen molar-refractivity contribution in [3.63, 3.8) is 0 Å². The maximum atomic E-state index is 12.8. The van der Waals surface area contributed by atoms with Crippen molar-refractivity contribution in [2.45, 2.75) is 11.6 Å². The molecule has 5 nitrogen and oxygen atoms in total. The minimum atomic E-state index is -4.54. The van der Waals surface area contributed by atoms with Crippen LogP contribution in [-0.2, 0) is 13.2 Å². The highest BCUT2D eigenvalue weighted by atomic mass is 35.5. The van der Waals surface area contributed by atoms with Gasteiger partial charge in [-0.15, -0.1) is 11.8 Å². The number of carbonyl (C=O) groups excluding carboxylic acids is 1. The zero-order chi connectivity index (χ0) is 18.2. The number of hydrogen-bond donors (Lipinski definition) is 1. The third-order valence-electron chi connectivity index (χ3n) is 3.49. The summed E-state index contributed by atoms with van der Waals surface area (Å²) >= 11 is 7.22. The molecule has 0 aliphatic carbocycles. The molecule has 1 aliphatic rings. The molecule has 2 heterocycles. The third-order valence-corrected chi connectivity index (χ3v) is 4.83. The molecule has 25 heavy (non-hydrogen) atoms. The molecule has 0 spiro atoms. The molecule has 0 fully saturated rings. The van der Waals surface area contributed by atoms with Crippen LogP contribution in [-0.4, -0.2) is 20.7 Å². The fourth-order valence-electron chi connectivity index (χ4n) is 2.30. The molecule has 0 saturated heterocycles. The Morgan fingerprint density at radius 1 is 1.36 bits per heavy atom. The lowest BCUT2D eigenvalue weighted by Crippen LogP contribution is -2.31. The molecule has 1 aromatic carbocycles. The Balaban J connectivity index is 1.83. The van der Waals surface area contributed by atoms with E-state index >= 15 is 0 Å². The molecule has 2 amide bonds. The Labute approximate surface area is 150 Å². The van der Waals surface area contributed by atoms with E-state index in [0.717, 1.165) is 10.7 Å². The van der Waals surface area contributed by atoms with E-state index in [-0.39, 0.29) is 5.69 Å². The van der Waals surface area contributed by atoms with Gasteiger partial charge in [0.15, 0.2) is 5.69 Å². The van der Waals surface area contributed by atoms with E-state index in [4.69, 9.17) is 11.6 Å². The van der Waals surface area contributed by atoms with Gasteiger partial charge in [0, 0.05) is 13.2 Å². The largest absolute Gasteiger partial charge is 0.435 e. The Hall–Kier alpha value is -2.13. The molecule has 132 valence electrons. The third kappa shape index (κ3) is 3.62. The zero-order valence-corrected chi connectivity index (χ0v) is 14.4.